The van der Waals surface area contributed by atoms with Crippen LogP contribution in [0.25, 0.3) is 0 Å². The summed E-state index contributed by atoms with van der Waals surface area (Å²) in [6.07, 6.45) is 5.31. The van der Waals surface area contributed by atoms with E-state index in [-0.39, 0.29) is 5.41 Å². The molecular weight excluding hydrogens is 242 g/mol. The fraction of sp³-hybridized carbons (Fsp3) is 0.684. The van der Waals surface area contributed by atoms with Crippen LogP contribution in [0.2, 0.25) is 0 Å². The average Bonchev–Trinajstić information content (AvgIpc) is 2.38. The Balaban J connectivity index is 2.05. The smallest absolute Gasteiger partial charge is 0.00957 e. The first-order valence-corrected chi connectivity index (χ1v) is 8.17. The van der Waals surface area contributed by atoms with E-state index in [2.05, 4.69) is 64.3 Å². The van der Waals surface area contributed by atoms with Crippen LogP contribution in [-0.4, -0.2) is 13.1 Å². The van der Waals surface area contributed by atoms with Crippen LogP contribution < -0.4 is 5.32 Å². The first kappa shape index (κ1) is 15.6. The molecule has 0 aromatic heterocycles. The van der Waals surface area contributed by atoms with Crippen molar-refractivity contribution in [2.45, 2.75) is 64.8 Å². The van der Waals surface area contributed by atoms with Gasteiger partial charge in [0.25, 0.3) is 0 Å². The molecule has 0 heterocycles. The Hall–Kier alpha value is -0.820. The lowest BCUT2D eigenvalue weighted by Gasteiger charge is -2.35. The molecule has 1 heteroatoms. The molecular formula is C19H31N. The summed E-state index contributed by atoms with van der Waals surface area (Å²) in [7, 11) is 2.12. The van der Waals surface area contributed by atoms with E-state index in [1.54, 1.807) is 0 Å². The first-order valence-electron chi connectivity index (χ1n) is 8.17. The van der Waals surface area contributed by atoms with Crippen molar-refractivity contribution in [3.63, 3.8) is 0 Å². The highest BCUT2D eigenvalue weighted by atomic mass is 14.9. The van der Waals surface area contributed by atoms with Gasteiger partial charge in [-0.1, -0.05) is 52.0 Å². The molecule has 3 unspecified atom stereocenters. The number of rotatable bonds is 3. The van der Waals surface area contributed by atoms with E-state index in [0.717, 1.165) is 11.8 Å². The van der Waals surface area contributed by atoms with Crippen molar-refractivity contribution in [2.75, 3.05) is 7.05 Å². The van der Waals surface area contributed by atoms with Gasteiger partial charge in [-0.25, -0.2) is 0 Å². The zero-order valence-electron chi connectivity index (χ0n) is 13.9. The monoisotopic (exact) mass is 273 g/mol. The lowest BCUT2D eigenvalue weighted by molar-refractivity contribution is 0.220. The van der Waals surface area contributed by atoms with Crippen molar-refractivity contribution in [2.24, 2.45) is 11.8 Å². The minimum atomic E-state index is 0.255. The second-order valence-corrected chi connectivity index (χ2v) is 7.72. The van der Waals surface area contributed by atoms with Crippen molar-refractivity contribution < 1.29 is 0 Å². The van der Waals surface area contributed by atoms with E-state index in [9.17, 15) is 0 Å². The Morgan fingerprint density at radius 1 is 1.10 bits per heavy atom. The van der Waals surface area contributed by atoms with Crippen molar-refractivity contribution in [1.82, 2.24) is 5.32 Å². The molecule has 0 radical (unpaired) electrons. The highest BCUT2D eigenvalue weighted by Gasteiger charge is 2.27. The molecule has 1 nitrogen and oxygen atoms in total. The molecule has 2 rings (SSSR count). The lowest BCUT2D eigenvalue weighted by atomic mass is 9.76. The summed E-state index contributed by atoms with van der Waals surface area (Å²) >= 11 is 0. The van der Waals surface area contributed by atoms with Gasteiger partial charge in [-0.2, -0.15) is 0 Å². The van der Waals surface area contributed by atoms with Crippen LogP contribution in [0.15, 0.2) is 24.3 Å². The van der Waals surface area contributed by atoms with Crippen LogP contribution >= 0.6 is 0 Å². The Morgan fingerprint density at radius 3 is 2.30 bits per heavy atom. The lowest BCUT2D eigenvalue weighted by Crippen LogP contribution is -2.39. The Morgan fingerprint density at radius 2 is 1.75 bits per heavy atom. The van der Waals surface area contributed by atoms with Gasteiger partial charge in [-0.3, -0.25) is 0 Å². The molecule has 0 aliphatic heterocycles. The molecule has 1 aromatic carbocycles. The number of hydrogen-bond acceptors (Lipinski definition) is 1. The van der Waals surface area contributed by atoms with Crippen molar-refractivity contribution in [3.8, 4) is 0 Å². The fourth-order valence-electron chi connectivity index (χ4n) is 3.55. The molecule has 1 aliphatic rings. The van der Waals surface area contributed by atoms with Crippen LogP contribution in [0.1, 0.15) is 58.1 Å². The van der Waals surface area contributed by atoms with Gasteiger partial charge >= 0.3 is 0 Å². The van der Waals surface area contributed by atoms with Gasteiger partial charge in [-0.05, 0) is 61.1 Å². The molecule has 1 aliphatic carbocycles. The van der Waals surface area contributed by atoms with Gasteiger partial charge in [0.05, 0.1) is 0 Å². The number of benzene rings is 1. The second kappa shape index (κ2) is 6.30. The summed E-state index contributed by atoms with van der Waals surface area (Å²) in [6.45, 7) is 9.24. The molecule has 1 N–H and O–H groups in total. The third-order valence-electron chi connectivity index (χ3n) is 4.93. The third kappa shape index (κ3) is 3.85. The topological polar surface area (TPSA) is 12.0 Å². The predicted molar refractivity (Wildman–Crippen MR) is 88.2 cm³/mol. The van der Waals surface area contributed by atoms with Crippen LogP contribution in [0, 0.1) is 11.8 Å². The van der Waals surface area contributed by atoms with Gasteiger partial charge in [0, 0.05) is 6.04 Å². The van der Waals surface area contributed by atoms with Crippen LogP contribution in [0.5, 0.6) is 0 Å². The standard InChI is InChI=1S/C19H31N/c1-14-6-11-18(20-5)16(12-14)13-15-7-9-17(10-8-15)19(2,3)4/h7-10,14,16,18,20H,6,11-13H2,1-5H3. The maximum atomic E-state index is 3.53. The highest BCUT2D eigenvalue weighted by Crippen LogP contribution is 2.32. The first-order chi connectivity index (χ1) is 9.40. The molecule has 0 spiro atoms. The van der Waals surface area contributed by atoms with Crippen molar-refractivity contribution >= 4 is 0 Å². The Labute approximate surface area is 125 Å². The summed E-state index contributed by atoms with van der Waals surface area (Å²) in [5.41, 5.74) is 3.19. The SMILES string of the molecule is CNC1CCC(C)CC1Cc1ccc(C(C)(C)C)cc1. The van der Waals surface area contributed by atoms with Gasteiger partial charge in [0.1, 0.15) is 0 Å². The molecule has 1 aromatic rings. The van der Waals surface area contributed by atoms with Crippen LogP contribution in [0.4, 0.5) is 0 Å². The Kier molecular flexibility index (Phi) is 4.90. The zero-order chi connectivity index (χ0) is 14.8. The van der Waals surface area contributed by atoms with E-state index in [4.69, 9.17) is 0 Å². The van der Waals surface area contributed by atoms with E-state index >= 15 is 0 Å². The molecule has 0 bridgehead atoms. The third-order valence-corrected chi connectivity index (χ3v) is 4.93. The molecule has 3 atom stereocenters. The van der Waals surface area contributed by atoms with Crippen LogP contribution in [0.3, 0.4) is 0 Å². The highest BCUT2D eigenvalue weighted by molar-refractivity contribution is 5.28. The van der Waals surface area contributed by atoms with E-state index in [1.807, 2.05) is 0 Å². The summed E-state index contributed by atoms with van der Waals surface area (Å²) in [4.78, 5) is 0. The van der Waals surface area contributed by atoms with E-state index in [0.29, 0.717) is 6.04 Å². The fourth-order valence-corrected chi connectivity index (χ4v) is 3.55. The molecule has 1 fully saturated rings. The van der Waals surface area contributed by atoms with Crippen molar-refractivity contribution in [3.05, 3.63) is 35.4 Å². The number of nitrogens with one attached hydrogen (secondary N) is 1. The van der Waals surface area contributed by atoms with Gasteiger partial charge < -0.3 is 5.32 Å². The van der Waals surface area contributed by atoms with Crippen LogP contribution in [-0.2, 0) is 11.8 Å². The molecule has 0 saturated heterocycles. The average molecular weight is 273 g/mol. The second-order valence-electron chi connectivity index (χ2n) is 7.72. The summed E-state index contributed by atoms with van der Waals surface area (Å²) in [6, 6.07) is 10.0. The minimum absolute atomic E-state index is 0.255. The zero-order valence-corrected chi connectivity index (χ0v) is 13.9. The normalized spacial score (nSPS) is 27.6. The Bertz CT molecular complexity index is 412. The summed E-state index contributed by atoms with van der Waals surface area (Å²) in [5, 5.41) is 3.53. The van der Waals surface area contributed by atoms with Gasteiger partial charge in [0.2, 0.25) is 0 Å². The molecule has 1 saturated carbocycles. The quantitative estimate of drug-likeness (QED) is 0.852. The summed E-state index contributed by atoms with van der Waals surface area (Å²) in [5.74, 6) is 1.68. The molecule has 112 valence electrons. The van der Waals surface area contributed by atoms with Gasteiger partial charge in [-0.15, -0.1) is 0 Å². The van der Waals surface area contributed by atoms with E-state index in [1.165, 1.54) is 36.8 Å². The molecule has 20 heavy (non-hydrogen) atoms. The maximum absolute atomic E-state index is 3.53. The molecule has 0 amide bonds. The largest absolute Gasteiger partial charge is 0.317 e. The maximum Gasteiger partial charge on any atom is 0.00957 e. The van der Waals surface area contributed by atoms with E-state index < -0.39 is 0 Å². The minimum Gasteiger partial charge on any atom is -0.317 e. The van der Waals surface area contributed by atoms with Gasteiger partial charge in [0.15, 0.2) is 0 Å². The number of hydrogen-bond donors (Lipinski definition) is 1. The predicted octanol–water partition coefficient (Wildman–Crippen LogP) is 4.55. The summed E-state index contributed by atoms with van der Waals surface area (Å²) < 4.78 is 0. The van der Waals surface area contributed by atoms with Crippen molar-refractivity contribution in [1.29, 1.82) is 0 Å².